The van der Waals surface area contributed by atoms with Gasteiger partial charge in [0.2, 0.25) is 0 Å². The van der Waals surface area contributed by atoms with Crippen molar-refractivity contribution in [2.24, 2.45) is 0 Å². The lowest BCUT2D eigenvalue weighted by atomic mass is 10.1. The summed E-state index contributed by atoms with van der Waals surface area (Å²) in [4.78, 5) is 4.21. The third-order valence-corrected chi connectivity index (χ3v) is 2.48. The van der Waals surface area contributed by atoms with E-state index in [1.165, 1.54) is 0 Å². The highest BCUT2D eigenvalue weighted by Crippen LogP contribution is 2.05. The zero-order valence-electron chi connectivity index (χ0n) is 8.05. The highest BCUT2D eigenvalue weighted by molar-refractivity contribution is 6.18. The molecular formula is C10H15ClN2. The maximum Gasteiger partial charge on any atom is 0.0541 e. The number of pyridine rings is 1. The number of hydrogen-bond donors (Lipinski definition) is 1. The van der Waals surface area contributed by atoms with Crippen LogP contribution in [0.2, 0.25) is 0 Å². The molecule has 0 aliphatic rings. The molecule has 1 heterocycles. The van der Waals surface area contributed by atoms with Crippen molar-refractivity contribution >= 4 is 11.6 Å². The lowest BCUT2D eigenvalue weighted by Gasteiger charge is -2.22. The molecule has 1 aromatic rings. The zero-order valence-corrected chi connectivity index (χ0v) is 8.80. The van der Waals surface area contributed by atoms with Gasteiger partial charge < -0.3 is 5.32 Å². The highest BCUT2D eigenvalue weighted by atomic mass is 35.5. The first kappa shape index (κ1) is 10.5. The molecule has 1 rings (SSSR count). The van der Waals surface area contributed by atoms with Crippen molar-refractivity contribution in [1.29, 1.82) is 0 Å². The second kappa shape index (κ2) is 4.58. The number of nitrogens with one attached hydrogen (secondary N) is 1. The van der Waals surface area contributed by atoms with E-state index in [1.807, 2.05) is 18.2 Å². The Hall–Kier alpha value is -0.600. The van der Waals surface area contributed by atoms with Gasteiger partial charge in [0.05, 0.1) is 5.69 Å². The summed E-state index contributed by atoms with van der Waals surface area (Å²) in [5.41, 5.74) is 1.01. The lowest BCUT2D eigenvalue weighted by Crippen LogP contribution is -2.40. The quantitative estimate of drug-likeness (QED) is 0.751. The normalized spacial score (nSPS) is 11.6. The van der Waals surface area contributed by atoms with Gasteiger partial charge in [-0.2, -0.15) is 0 Å². The Morgan fingerprint density at radius 1 is 1.46 bits per heavy atom. The zero-order chi connectivity index (χ0) is 9.73. The fourth-order valence-corrected chi connectivity index (χ4v) is 0.974. The van der Waals surface area contributed by atoms with Crippen molar-refractivity contribution < 1.29 is 0 Å². The van der Waals surface area contributed by atoms with Crippen LogP contribution >= 0.6 is 11.6 Å². The molecule has 72 valence electrons. The number of rotatable bonds is 4. The van der Waals surface area contributed by atoms with Crippen LogP contribution in [-0.2, 0) is 6.54 Å². The molecular weight excluding hydrogens is 184 g/mol. The van der Waals surface area contributed by atoms with Crippen LogP contribution in [-0.4, -0.2) is 16.4 Å². The molecule has 0 bridgehead atoms. The SMILES string of the molecule is CC(C)(CCl)NCc1ccccn1. The lowest BCUT2D eigenvalue weighted by molar-refractivity contribution is 0.426. The van der Waals surface area contributed by atoms with Crippen molar-refractivity contribution in [3.8, 4) is 0 Å². The Kier molecular flexibility index (Phi) is 3.70. The van der Waals surface area contributed by atoms with Gasteiger partial charge in [-0.3, -0.25) is 4.98 Å². The molecule has 1 N–H and O–H groups in total. The Morgan fingerprint density at radius 3 is 2.77 bits per heavy atom. The van der Waals surface area contributed by atoms with E-state index in [9.17, 15) is 0 Å². The van der Waals surface area contributed by atoms with Crippen LogP contribution < -0.4 is 5.32 Å². The van der Waals surface area contributed by atoms with Crippen LogP contribution in [0.1, 0.15) is 19.5 Å². The van der Waals surface area contributed by atoms with E-state index in [0.717, 1.165) is 12.2 Å². The first-order valence-corrected chi connectivity index (χ1v) is 4.88. The fraction of sp³-hybridized carbons (Fsp3) is 0.500. The molecule has 0 unspecified atom stereocenters. The van der Waals surface area contributed by atoms with E-state index in [4.69, 9.17) is 11.6 Å². The Balaban J connectivity index is 2.44. The van der Waals surface area contributed by atoms with Crippen LogP contribution in [0.15, 0.2) is 24.4 Å². The van der Waals surface area contributed by atoms with Crippen molar-refractivity contribution in [1.82, 2.24) is 10.3 Å². The molecule has 0 amide bonds. The average molecular weight is 199 g/mol. The molecule has 0 aliphatic heterocycles. The van der Waals surface area contributed by atoms with E-state index < -0.39 is 0 Å². The number of halogens is 1. The molecule has 1 aromatic heterocycles. The summed E-state index contributed by atoms with van der Waals surface area (Å²) in [6.07, 6.45) is 1.80. The molecule has 0 aromatic carbocycles. The van der Waals surface area contributed by atoms with E-state index >= 15 is 0 Å². The predicted molar refractivity (Wildman–Crippen MR) is 55.9 cm³/mol. The minimum atomic E-state index is -0.0287. The van der Waals surface area contributed by atoms with Crippen molar-refractivity contribution in [3.05, 3.63) is 30.1 Å². The molecule has 0 saturated carbocycles. The topological polar surface area (TPSA) is 24.9 Å². The van der Waals surface area contributed by atoms with Crippen LogP contribution in [0.5, 0.6) is 0 Å². The van der Waals surface area contributed by atoms with Gasteiger partial charge in [0, 0.05) is 24.2 Å². The molecule has 0 radical (unpaired) electrons. The Morgan fingerprint density at radius 2 is 2.23 bits per heavy atom. The van der Waals surface area contributed by atoms with Crippen molar-refractivity contribution in [2.45, 2.75) is 25.9 Å². The smallest absolute Gasteiger partial charge is 0.0541 e. The maximum atomic E-state index is 5.78. The summed E-state index contributed by atoms with van der Waals surface area (Å²) in [6.45, 7) is 4.91. The first-order valence-electron chi connectivity index (χ1n) is 4.35. The van der Waals surface area contributed by atoms with Gasteiger partial charge in [0.15, 0.2) is 0 Å². The summed E-state index contributed by atoms with van der Waals surface area (Å²) < 4.78 is 0. The first-order chi connectivity index (χ1) is 6.14. The van der Waals surface area contributed by atoms with Crippen LogP contribution in [0.3, 0.4) is 0 Å². The van der Waals surface area contributed by atoms with Gasteiger partial charge in [-0.15, -0.1) is 11.6 Å². The van der Waals surface area contributed by atoms with Gasteiger partial charge in [-0.1, -0.05) is 6.07 Å². The van der Waals surface area contributed by atoms with Gasteiger partial charge in [-0.25, -0.2) is 0 Å². The maximum absolute atomic E-state index is 5.78. The number of aromatic nitrogens is 1. The molecule has 0 fully saturated rings. The summed E-state index contributed by atoms with van der Waals surface area (Å²) in [7, 11) is 0. The fourth-order valence-electron chi connectivity index (χ4n) is 0.880. The monoisotopic (exact) mass is 198 g/mol. The minimum Gasteiger partial charge on any atom is -0.305 e. The Bertz CT molecular complexity index is 246. The van der Waals surface area contributed by atoms with Gasteiger partial charge in [0.1, 0.15) is 0 Å². The molecule has 0 spiro atoms. The van der Waals surface area contributed by atoms with E-state index in [0.29, 0.717) is 5.88 Å². The van der Waals surface area contributed by atoms with E-state index in [-0.39, 0.29) is 5.54 Å². The number of hydrogen-bond acceptors (Lipinski definition) is 2. The number of alkyl halides is 1. The summed E-state index contributed by atoms with van der Waals surface area (Å²) in [5.74, 6) is 0.597. The third-order valence-electron chi connectivity index (χ3n) is 1.81. The standard InChI is InChI=1S/C10H15ClN2/c1-10(2,8-11)13-7-9-5-3-4-6-12-9/h3-6,13H,7-8H2,1-2H3. The molecule has 0 atom stereocenters. The predicted octanol–water partition coefficient (Wildman–Crippen LogP) is 2.19. The molecule has 13 heavy (non-hydrogen) atoms. The van der Waals surface area contributed by atoms with Gasteiger partial charge >= 0.3 is 0 Å². The highest BCUT2D eigenvalue weighted by Gasteiger charge is 2.14. The summed E-state index contributed by atoms with van der Waals surface area (Å²) in [5, 5.41) is 3.33. The van der Waals surface area contributed by atoms with Gasteiger partial charge in [0.25, 0.3) is 0 Å². The van der Waals surface area contributed by atoms with E-state index in [1.54, 1.807) is 6.20 Å². The second-order valence-corrected chi connectivity index (χ2v) is 3.96. The molecule has 3 heteroatoms. The van der Waals surface area contributed by atoms with Gasteiger partial charge in [-0.05, 0) is 26.0 Å². The summed E-state index contributed by atoms with van der Waals surface area (Å²) in [6, 6.07) is 5.89. The van der Waals surface area contributed by atoms with Crippen molar-refractivity contribution in [3.63, 3.8) is 0 Å². The third kappa shape index (κ3) is 3.75. The molecule has 0 saturated heterocycles. The Labute approximate surface area is 84.3 Å². The van der Waals surface area contributed by atoms with E-state index in [2.05, 4.69) is 24.1 Å². The van der Waals surface area contributed by atoms with Crippen LogP contribution in [0.4, 0.5) is 0 Å². The van der Waals surface area contributed by atoms with Crippen molar-refractivity contribution in [2.75, 3.05) is 5.88 Å². The summed E-state index contributed by atoms with van der Waals surface area (Å²) >= 11 is 5.78. The molecule has 0 aliphatic carbocycles. The van der Waals surface area contributed by atoms with Crippen LogP contribution in [0.25, 0.3) is 0 Å². The molecule has 2 nitrogen and oxygen atoms in total. The number of nitrogens with zero attached hydrogens (tertiary/aromatic N) is 1. The minimum absolute atomic E-state index is 0.0287. The average Bonchev–Trinajstić information content (AvgIpc) is 2.17. The largest absolute Gasteiger partial charge is 0.305 e. The van der Waals surface area contributed by atoms with Crippen LogP contribution in [0, 0.1) is 0 Å². The second-order valence-electron chi connectivity index (χ2n) is 3.69.